The fourth-order valence-electron chi connectivity index (χ4n) is 3.03. The lowest BCUT2D eigenvalue weighted by atomic mass is 10.0. The Morgan fingerprint density at radius 3 is 2.88 bits per heavy atom. The molecule has 7 nitrogen and oxygen atoms in total. The maximum atomic E-state index is 12.5. The standard InChI is InChI=1S/C17H18N4O3S/c22-25(23,12-10-21-16-7-3-2-6-15(16)18-20-21)19-14-9-11-24-17-8-4-1-5-13(14)17/h1-8,14,19H,9-12H2/t14-/m1/s1. The minimum absolute atomic E-state index is 0.0557. The van der Waals surface area contributed by atoms with Gasteiger partial charge in [0.25, 0.3) is 0 Å². The summed E-state index contributed by atoms with van der Waals surface area (Å²) >= 11 is 0. The Bertz CT molecular complexity index is 1000. The van der Waals surface area contributed by atoms with Crippen molar-refractivity contribution in [2.24, 2.45) is 0 Å². The highest BCUT2D eigenvalue weighted by Crippen LogP contribution is 2.31. The molecule has 2 aromatic carbocycles. The maximum Gasteiger partial charge on any atom is 0.213 e. The Morgan fingerprint density at radius 2 is 1.96 bits per heavy atom. The summed E-state index contributed by atoms with van der Waals surface area (Å²) in [4.78, 5) is 0. The molecule has 0 spiro atoms. The van der Waals surface area contributed by atoms with Crippen molar-refractivity contribution in [3.8, 4) is 5.75 Å². The van der Waals surface area contributed by atoms with E-state index >= 15 is 0 Å². The summed E-state index contributed by atoms with van der Waals surface area (Å²) in [6.45, 7) is 0.749. The van der Waals surface area contributed by atoms with Gasteiger partial charge in [-0.1, -0.05) is 35.5 Å². The number of para-hydroxylation sites is 2. The highest BCUT2D eigenvalue weighted by molar-refractivity contribution is 7.89. The van der Waals surface area contributed by atoms with Gasteiger partial charge >= 0.3 is 0 Å². The van der Waals surface area contributed by atoms with E-state index in [0.29, 0.717) is 13.0 Å². The van der Waals surface area contributed by atoms with Crippen LogP contribution in [-0.4, -0.2) is 35.8 Å². The second-order valence-electron chi connectivity index (χ2n) is 5.97. The fourth-order valence-corrected chi connectivity index (χ4v) is 4.24. The van der Waals surface area contributed by atoms with Crippen LogP contribution in [0.1, 0.15) is 18.0 Å². The van der Waals surface area contributed by atoms with Crippen molar-refractivity contribution in [2.45, 2.75) is 19.0 Å². The van der Waals surface area contributed by atoms with Crippen molar-refractivity contribution in [3.05, 3.63) is 54.1 Å². The third-order valence-corrected chi connectivity index (χ3v) is 5.64. The lowest BCUT2D eigenvalue weighted by Gasteiger charge is -2.26. The molecule has 0 saturated carbocycles. The second kappa shape index (κ2) is 6.45. The fraction of sp³-hybridized carbons (Fsp3) is 0.294. The molecule has 0 radical (unpaired) electrons. The van der Waals surface area contributed by atoms with Gasteiger partial charge in [-0.3, -0.25) is 0 Å². The van der Waals surface area contributed by atoms with Gasteiger partial charge in [-0.2, -0.15) is 0 Å². The molecule has 1 aliphatic heterocycles. The van der Waals surface area contributed by atoms with E-state index in [-0.39, 0.29) is 18.3 Å². The number of aryl methyl sites for hydroxylation is 1. The number of aromatic nitrogens is 3. The van der Waals surface area contributed by atoms with Gasteiger partial charge < -0.3 is 4.74 Å². The number of nitrogens with one attached hydrogen (secondary N) is 1. The Morgan fingerprint density at radius 1 is 1.16 bits per heavy atom. The Labute approximate surface area is 145 Å². The van der Waals surface area contributed by atoms with Crippen LogP contribution in [0.2, 0.25) is 0 Å². The van der Waals surface area contributed by atoms with Crippen LogP contribution in [0.5, 0.6) is 5.75 Å². The summed E-state index contributed by atoms with van der Waals surface area (Å²) in [5, 5.41) is 8.08. The maximum absolute atomic E-state index is 12.5. The number of nitrogens with zero attached hydrogens (tertiary/aromatic N) is 3. The lowest BCUT2D eigenvalue weighted by Crippen LogP contribution is -2.34. The van der Waals surface area contributed by atoms with Crippen LogP contribution >= 0.6 is 0 Å². The summed E-state index contributed by atoms with van der Waals surface area (Å²) in [5.41, 5.74) is 2.46. The molecule has 1 aliphatic rings. The zero-order chi connectivity index (χ0) is 17.3. The van der Waals surface area contributed by atoms with E-state index in [2.05, 4.69) is 15.0 Å². The molecule has 1 N–H and O–H groups in total. The van der Waals surface area contributed by atoms with Gasteiger partial charge in [0, 0.05) is 12.0 Å². The van der Waals surface area contributed by atoms with Crippen LogP contribution in [-0.2, 0) is 16.6 Å². The van der Waals surface area contributed by atoms with E-state index < -0.39 is 10.0 Å². The Kier molecular flexibility index (Phi) is 4.14. The first kappa shape index (κ1) is 16.0. The molecule has 0 saturated heterocycles. The molecule has 0 fully saturated rings. The first-order chi connectivity index (χ1) is 12.1. The molecular weight excluding hydrogens is 340 g/mol. The van der Waals surface area contributed by atoms with E-state index in [0.717, 1.165) is 22.3 Å². The van der Waals surface area contributed by atoms with Crippen LogP contribution in [0.3, 0.4) is 0 Å². The zero-order valence-corrected chi connectivity index (χ0v) is 14.3. The smallest absolute Gasteiger partial charge is 0.213 e. The quantitative estimate of drug-likeness (QED) is 0.752. The van der Waals surface area contributed by atoms with Crippen LogP contribution < -0.4 is 9.46 Å². The van der Waals surface area contributed by atoms with Crippen LogP contribution in [0, 0.1) is 0 Å². The third kappa shape index (κ3) is 3.35. The molecule has 8 heteroatoms. The number of benzene rings is 2. The van der Waals surface area contributed by atoms with Gasteiger partial charge in [-0.25, -0.2) is 17.8 Å². The average Bonchev–Trinajstić information content (AvgIpc) is 3.03. The Hall–Kier alpha value is -2.45. The normalized spacial score (nSPS) is 17.2. The molecule has 1 atom stereocenters. The van der Waals surface area contributed by atoms with Gasteiger partial charge in [0.2, 0.25) is 10.0 Å². The molecule has 4 rings (SSSR count). The SMILES string of the molecule is O=S(=O)(CCn1nnc2ccccc21)N[C@@H]1CCOc2ccccc21. The van der Waals surface area contributed by atoms with Gasteiger partial charge in [-0.05, 0) is 18.2 Å². The summed E-state index contributed by atoms with van der Waals surface area (Å²) in [6.07, 6.45) is 0.614. The van der Waals surface area contributed by atoms with Gasteiger partial charge in [0.15, 0.2) is 0 Å². The first-order valence-corrected chi connectivity index (χ1v) is 9.77. The number of rotatable bonds is 5. The van der Waals surface area contributed by atoms with E-state index in [1.165, 1.54) is 0 Å². The number of sulfonamides is 1. The summed E-state index contributed by atoms with van der Waals surface area (Å²) in [6, 6.07) is 14.7. The summed E-state index contributed by atoms with van der Waals surface area (Å²) in [7, 11) is -3.46. The summed E-state index contributed by atoms with van der Waals surface area (Å²) in [5.74, 6) is 0.684. The first-order valence-electron chi connectivity index (χ1n) is 8.12. The number of ether oxygens (including phenoxy) is 1. The van der Waals surface area contributed by atoms with Crippen LogP contribution in [0.15, 0.2) is 48.5 Å². The Balaban J connectivity index is 1.48. The van der Waals surface area contributed by atoms with Crippen LogP contribution in [0.25, 0.3) is 11.0 Å². The van der Waals surface area contributed by atoms with Crippen molar-refractivity contribution >= 4 is 21.1 Å². The molecule has 0 bridgehead atoms. The highest BCUT2D eigenvalue weighted by Gasteiger charge is 2.25. The molecule has 25 heavy (non-hydrogen) atoms. The van der Waals surface area contributed by atoms with Crippen LogP contribution in [0.4, 0.5) is 0 Å². The lowest BCUT2D eigenvalue weighted by molar-refractivity contribution is 0.263. The van der Waals surface area contributed by atoms with Gasteiger partial charge in [0.05, 0.1) is 30.5 Å². The van der Waals surface area contributed by atoms with Gasteiger partial charge in [-0.15, -0.1) is 5.10 Å². The van der Waals surface area contributed by atoms with E-state index in [1.807, 2.05) is 48.5 Å². The third-order valence-electron chi connectivity index (χ3n) is 4.27. The predicted octanol–water partition coefficient (Wildman–Crippen LogP) is 1.87. The molecule has 2 heterocycles. The van der Waals surface area contributed by atoms with Crippen molar-refractivity contribution in [3.63, 3.8) is 0 Å². The minimum Gasteiger partial charge on any atom is -0.493 e. The van der Waals surface area contributed by atoms with E-state index in [9.17, 15) is 8.42 Å². The van der Waals surface area contributed by atoms with Gasteiger partial charge in [0.1, 0.15) is 11.3 Å². The average molecular weight is 358 g/mol. The largest absolute Gasteiger partial charge is 0.493 e. The van der Waals surface area contributed by atoms with Crippen molar-refractivity contribution in [2.75, 3.05) is 12.4 Å². The minimum atomic E-state index is -3.46. The number of fused-ring (bicyclic) bond motifs is 2. The zero-order valence-electron chi connectivity index (χ0n) is 13.5. The number of hydrogen-bond acceptors (Lipinski definition) is 5. The second-order valence-corrected chi connectivity index (χ2v) is 7.84. The topological polar surface area (TPSA) is 86.1 Å². The van der Waals surface area contributed by atoms with Crippen molar-refractivity contribution in [1.82, 2.24) is 19.7 Å². The molecular formula is C17H18N4O3S. The number of hydrogen-bond donors (Lipinski definition) is 1. The summed E-state index contributed by atoms with van der Waals surface area (Å²) < 4.78 is 35.0. The molecule has 0 aliphatic carbocycles. The highest BCUT2D eigenvalue weighted by atomic mass is 32.2. The van der Waals surface area contributed by atoms with E-state index in [4.69, 9.17) is 4.74 Å². The monoisotopic (exact) mass is 358 g/mol. The molecule has 130 valence electrons. The van der Waals surface area contributed by atoms with Crippen molar-refractivity contribution in [1.29, 1.82) is 0 Å². The molecule has 0 unspecified atom stereocenters. The molecule has 1 aromatic heterocycles. The van der Waals surface area contributed by atoms with E-state index in [1.54, 1.807) is 4.68 Å². The molecule has 3 aromatic rings. The predicted molar refractivity (Wildman–Crippen MR) is 93.7 cm³/mol. The molecule has 0 amide bonds. The van der Waals surface area contributed by atoms with Crippen molar-refractivity contribution < 1.29 is 13.2 Å².